The van der Waals surface area contributed by atoms with E-state index in [0.29, 0.717) is 0 Å². The van der Waals surface area contributed by atoms with E-state index in [-0.39, 0.29) is 0 Å². The fourth-order valence-electron chi connectivity index (χ4n) is 2.56. The third-order valence-electron chi connectivity index (χ3n) is 3.85. The summed E-state index contributed by atoms with van der Waals surface area (Å²) >= 11 is 1.77. The van der Waals surface area contributed by atoms with Gasteiger partial charge in [-0.1, -0.05) is 69.3 Å². The molecule has 0 spiro atoms. The molecule has 1 aromatic carbocycles. The number of rotatable bonds is 10. The zero-order valence-corrected chi connectivity index (χ0v) is 14.3. The van der Waals surface area contributed by atoms with Gasteiger partial charge in [0.25, 0.3) is 0 Å². The first kappa shape index (κ1) is 16.3. The molecule has 0 fully saturated rings. The van der Waals surface area contributed by atoms with E-state index >= 15 is 0 Å². The number of aromatic nitrogens is 1. The third-order valence-corrected chi connectivity index (χ3v) is 4.83. The first-order valence-corrected chi connectivity index (χ1v) is 9.22. The minimum atomic E-state index is 1.05. The zero-order chi connectivity index (χ0) is 14.9. The van der Waals surface area contributed by atoms with Crippen molar-refractivity contribution in [1.82, 2.24) is 4.98 Å². The summed E-state index contributed by atoms with van der Waals surface area (Å²) in [7, 11) is 0. The van der Waals surface area contributed by atoms with Crippen molar-refractivity contribution >= 4 is 26.7 Å². The normalized spacial score (nSPS) is 11.1. The Kier molecular flexibility index (Phi) is 7.01. The molecular formula is C18H28N2S. The molecule has 0 radical (unpaired) electrons. The molecule has 0 aliphatic heterocycles. The van der Waals surface area contributed by atoms with Gasteiger partial charge in [-0.25, -0.2) is 4.98 Å². The SMILES string of the molecule is CCCCCCCCCCNc1nc2ccc(C)cc2s1. The summed E-state index contributed by atoms with van der Waals surface area (Å²) in [5, 5.41) is 4.54. The predicted molar refractivity (Wildman–Crippen MR) is 95.5 cm³/mol. The molecule has 2 nitrogen and oxygen atoms in total. The van der Waals surface area contributed by atoms with E-state index < -0.39 is 0 Å². The maximum absolute atomic E-state index is 4.63. The Morgan fingerprint density at radius 2 is 1.71 bits per heavy atom. The quantitative estimate of drug-likeness (QED) is 0.532. The number of thiazole rings is 1. The summed E-state index contributed by atoms with van der Waals surface area (Å²) in [6.07, 6.45) is 10.9. The van der Waals surface area contributed by atoms with Gasteiger partial charge in [-0.3, -0.25) is 0 Å². The largest absolute Gasteiger partial charge is 0.361 e. The molecule has 3 heteroatoms. The van der Waals surface area contributed by atoms with Crippen LogP contribution in [0.15, 0.2) is 18.2 Å². The summed E-state index contributed by atoms with van der Waals surface area (Å²) < 4.78 is 1.29. The highest BCUT2D eigenvalue weighted by Gasteiger charge is 2.02. The van der Waals surface area contributed by atoms with Gasteiger partial charge in [0, 0.05) is 6.54 Å². The molecule has 0 bridgehead atoms. The molecule has 1 heterocycles. The molecule has 0 aliphatic carbocycles. The van der Waals surface area contributed by atoms with E-state index in [0.717, 1.165) is 17.2 Å². The van der Waals surface area contributed by atoms with Crippen LogP contribution in [0.3, 0.4) is 0 Å². The van der Waals surface area contributed by atoms with Crippen LogP contribution in [0.25, 0.3) is 10.2 Å². The second kappa shape index (κ2) is 9.04. The van der Waals surface area contributed by atoms with E-state index in [9.17, 15) is 0 Å². The van der Waals surface area contributed by atoms with Crippen LogP contribution in [0.4, 0.5) is 5.13 Å². The fourth-order valence-corrected chi connectivity index (χ4v) is 3.55. The van der Waals surface area contributed by atoms with E-state index in [4.69, 9.17) is 0 Å². The molecule has 2 aromatic rings. The van der Waals surface area contributed by atoms with Crippen LogP contribution in [0.1, 0.15) is 63.9 Å². The van der Waals surface area contributed by atoms with Crippen LogP contribution in [0.2, 0.25) is 0 Å². The molecule has 0 saturated heterocycles. The van der Waals surface area contributed by atoms with Crippen LogP contribution in [0, 0.1) is 6.92 Å². The van der Waals surface area contributed by atoms with Crippen LogP contribution < -0.4 is 5.32 Å². The molecule has 0 amide bonds. The third kappa shape index (κ3) is 5.66. The molecule has 21 heavy (non-hydrogen) atoms. The minimum Gasteiger partial charge on any atom is -0.361 e. The number of nitrogens with one attached hydrogen (secondary N) is 1. The van der Waals surface area contributed by atoms with Crippen LogP contribution in [-0.2, 0) is 0 Å². The molecule has 1 N–H and O–H groups in total. The van der Waals surface area contributed by atoms with Crippen molar-refractivity contribution in [2.45, 2.75) is 65.2 Å². The highest BCUT2D eigenvalue weighted by atomic mass is 32.1. The molecule has 0 saturated carbocycles. The van der Waals surface area contributed by atoms with Crippen LogP contribution in [0.5, 0.6) is 0 Å². The topological polar surface area (TPSA) is 24.9 Å². The second-order valence-electron chi connectivity index (χ2n) is 5.89. The highest BCUT2D eigenvalue weighted by molar-refractivity contribution is 7.22. The number of anilines is 1. The first-order valence-electron chi connectivity index (χ1n) is 8.40. The lowest BCUT2D eigenvalue weighted by atomic mass is 10.1. The second-order valence-corrected chi connectivity index (χ2v) is 6.92. The predicted octanol–water partition coefficient (Wildman–Crippen LogP) is 6.16. The van der Waals surface area contributed by atoms with Crippen molar-refractivity contribution in [3.63, 3.8) is 0 Å². The van der Waals surface area contributed by atoms with Gasteiger partial charge in [-0.15, -0.1) is 0 Å². The summed E-state index contributed by atoms with van der Waals surface area (Å²) in [5.41, 5.74) is 2.42. The van der Waals surface area contributed by atoms with Gasteiger partial charge < -0.3 is 5.32 Å². The average Bonchev–Trinajstić information content (AvgIpc) is 2.87. The standard InChI is InChI=1S/C18H28N2S/c1-3-4-5-6-7-8-9-10-13-19-18-20-16-12-11-15(2)14-17(16)21-18/h11-12,14H,3-10,13H2,1-2H3,(H,19,20). The molecule has 0 atom stereocenters. The van der Waals surface area contributed by atoms with Crippen molar-refractivity contribution < 1.29 is 0 Å². The van der Waals surface area contributed by atoms with Crippen LogP contribution >= 0.6 is 11.3 Å². The molecule has 116 valence electrons. The lowest BCUT2D eigenvalue weighted by Crippen LogP contribution is -2.00. The van der Waals surface area contributed by atoms with Crippen molar-refractivity contribution in [3.8, 4) is 0 Å². The zero-order valence-electron chi connectivity index (χ0n) is 13.5. The van der Waals surface area contributed by atoms with E-state index in [2.05, 4.69) is 42.3 Å². The fraction of sp³-hybridized carbons (Fsp3) is 0.611. The van der Waals surface area contributed by atoms with Crippen molar-refractivity contribution in [2.24, 2.45) is 0 Å². The van der Waals surface area contributed by atoms with E-state index in [1.54, 1.807) is 11.3 Å². The molecule has 0 aliphatic rings. The molecule has 1 aromatic heterocycles. The van der Waals surface area contributed by atoms with Gasteiger partial charge in [0.1, 0.15) is 0 Å². The maximum atomic E-state index is 4.63. The maximum Gasteiger partial charge on any atom is 0.183 e. The number of benzene rings is 1. The monoisotopic (exact) mass is 304 g/mol. The Morgan fingerprint density at radius 3 is 2.48 bits per heavy atom. The number of unbranched alkanes of at least 4 members (excludes halogenated alkanes) is 7. The van der Waals surface area contributed by atoms with Crippen molar-refractivity contribution in [1.29, 1.82) is 0 Å². The number of nitrogens with zero attached hydrogens (tertiary/aromatic N) is 1. The van der Waals surface area contributed by atoms with Gasteiger partial charge in [0.15, 0.2) is 5.13 Å². The Hall–Kier alpha value is -1.09. The van der Waals surface area contributed by atoms with Crippen molar-refractivity contribution in [3.05, 3.63) is 23.8 Å². The van der Waals surface area contributed by atoms with E-state index in [1.807, 2.05) is 0 Å². The molecular weight excluding hydrogens is 276 g/mol. The smallest absolute Gasteiger partial charge is 0.183 e. The van der Waals surface area contributed by atoms with Gasteiger partial charge >= 0.3 is 0 Å². The van der Waals surface area contributed by atoms with Gasteiger partial charge in [-0.2, -0.15) is 0 Å². The number of hydrogen-bond donors (Lipinski definition) is 1. The lowest BCUT2D eigenvalue weighted by molar-refractivity contribution is 0.581. The van der Waals surface area contributed by atoms with Gasteiger partial charge in [-0.05, 0) is 31.0 Å². The van der Waals surface area contributed by atoms with Crippen molar-refractivity contribution in [2.75, 3.05) is 11.9 Å². The van der Waals surface area contributed by atoms with E-state index in [1.165, 1.54) is 61.6 Å². The van der Waals surface area contributed by atoms with Gasteiger partial charge in [0.2, 0.25) is 0 Å². The van der Waals surface area contributed by atoms with Gasteiger partial charge in [0.05, 0.1) is 10.2 Å². The first-order chi connectivity index (χ1) is 10.3. The molecule has 0 unspecified atom stereocenters. The Balaban J connectivity index is 1.59. The number of fused-ring (bicyclic) bond motifs is 1. The lowest BCUT2D eigenvalue weighted by Gasteiger charge is -2.03. The summed E-state index contributed by atoms with van der Waals surface area (Å²) in [6, 6.07) is 6.46. The minimum absolute atomic E-state index is 1.05. The van der Waals surface area contributed by atoms with Crippen LogP contribution in [-0.4, -0.2) is 11.5 Å². The Bertz CT molecular complexity index is 533. The molecule has 2 rings (SSSR count). The number of aryl methyl sites for hydroxylation is 1. The summed E-state index contributed by atoms with van der Waals surface area (Å²) in [4.78, 5) is 4.63. The Morgan fingerprint density at radius 1 is 1.00 bits per heavy atom. The highest BCUT2D eigenvalue weighted by Crippen LogP contribution is 2.26. The number of hydrogen-bond acceptors (Lipinski definition) is 3. The summed E-state index contributed by atoms with van der Waals surface area (Å²) in [6.45, 7) is 5.45. The Labute approximate surface area is 133 Å². The average molecular weight is 305 g/mol. The summed E-state index contributed by atoms with van der Waals surface area (Å²) in [5.74, 6) is 0.